The molecule has 0 aromatic heterocycles. The molecule has 0 unspecified atom stereocenters. The zero-order valence-electron chi connectivity index (χ0n) is 12.8. The molecule has 0 radical (unpaired) electrons. The number of nitro benzene ring substituents is 1. The lowest BCUT2D eigenvalue weighted by Crippen LogP contribution is -3.13. The maximum absolute atomic E-state index is 10.7. The second-order valence-corrected chi connectivity index (χ2v) is 5.85. The lowest BCUT2D eigenvalue weighted by Gasteiger charge is -2.33. The monoisotopic (exact) mass is 314 g/mol. The SMILES string of the molecule is O=[N+]([O-])c1ccc(N2CC[NH+](Cc3ccc(O)cc3)CC2)cc1. The number of piperazine rings is 1. The quantitative estimate of drug-likeness (QED) is 0.657. The Labute approximate surface area is 134 Å². The number of non-ortho nitro benzene ring substituents is 1. The third-order valence-corrected chi connectivity index (χ3v) is 4.29. The van der Waals surface area contributed by atoms with E-state index >= 15 is 0 Å². The maximum Gasteiger partial charge on any atom is 0.269 e. The predicted molar refractivity (Wildman–Crippen MR) is 87.8 cm³/mol. The molecule has 1 saturated heterocycles. The average Bonchev–Trinajstić information content (AvgIpc) is 2.58. The van der Waals surface area contributed by atoms with Gasteiger partial charge in [-0.15, -0.1) is 0 Å². The molecule has 0 aliphatic carbocycles. The van der Waals surface area contributed by atoms with E-state index < -0.39 is 0 Å². The highest BCUT2D eigenvalue weighted by atomic mass is 16.6. The van der Waals surface area contributed by atoms with Crippen molar-refractivity contribution in [2.75, 3.05) is 31.1 Å². The van der Waals surface area contributed by atoms with E-state index in [1.54, 1.807) is 24.3 Å². The highest BCUT2D eigenvalue weighted by Crippen LogP contribution is 2.19. The van der Waals surface area contributed by atoms with Gasteiger partial charge < -0.3 is 14.9 Å². The predicted octanol–water partition coefficient (Wildman–Crippen LogP) is 1.21. The van der Waals surface area contributed by atoms with Crippen LogP contribution >= 0.6 is 0 Å². The van der Waals surface area contributed by atoms with Gasteiger partial charge in [0.15, 0.2) is 0 Å². The van der Waals surface area contributed by atoms with Gasteiger partial charge >= 0.3 is 0 Å². The van der Waals surface area contributed by atoms with E-state index in [1.165, 1.54) is 10.5 Å². The van der Waals surface area contributed by atoms with Gasteiger partial charge in [0.25, 0.3) is 5.69 Å². The van der Waals surface area contributed by atoms with Crippen molar-refractivity contribution >= 4 is 11.4 Å². The Hall–Kier alpha value is -2.60. The summed E-state index contributed by atoms with van der Waals surface area (Å²) in [4.78, 5) is 14.1. The van der Waals surface area contributed by atoms with Crippen molar-refractivity contribution in [3.05, 3.63) is 64.2 Å². The Bertz CT molecular complexity index is 662. The highest BCUT2D eigenvalue weighted by Gasteiger charge is 2.20. The average molecular weight is 314 g/mol. The van der Waals surface area contributed by atoms with Gasteiger partial charge in [0.05, 0.1) is 31.1 Å². The smallest absolute Gasteiger partial charge is 0.269 e. The van der Waals surface area contributed by atoms with Crippen LogP contribution in [0, 0.1) is 10.1 Å². The van der Waals surface area contributed by atoms with E-state index in [2.05, 4.69) is 4.90 Å². The minimum atomic E-state index is -0.372. The summed E-state index contributed by atoms with van der Waals surface area (Å²) < 4.78 is 0. The summed E-state index contributed by atoms with van der Waals surface area (Å²) in [6.45, 7) is 4.88. The molecule has 0 amide bonds. The highest BCUT2D eigenvalue weighted by molar-refractivity contribution is 5.51. The molecule has 2 N–H and O–H groups in total. The van der Waals surface area contributed by atoms with Crippen LogP contribution in [0.4, 0.5) is 11.4 Å². The van der Waals surface area contributed by atoms with Crippen LogP contribution in [-0.2, 0) is 6.54 Å². The molecule has 0 saturated carbocycles. The van der Waals surface area contributed by atoms with Crippen LogP contribution in [-0.4, -0.2) is 36.2 Å². The van der Waals surface area contributed by atoms with Gasteiger partial charge in [-0.2, -0.15) is 0 Å². The fourth-order valence-corrected chi connectivity index (χ4v) is 2.95. The number of anilines is 1. The van der Waals surface area contributed by atoms with Crippen molar-refractivity contribution in [1.82, 2.24) is 0 Å². The van der Waals surface area contributed by atoms with Gasteiger partial charge in [-0.1, -0.05) is 0 Å². The van der Waals surface area contributed by atoms with Crippen molar-refractivity contribution in [2.24, 2.45) is 0 Å². The summed E-state index contributed by atoms with van der Waals surface area (Å²) in [5.74, 6) is 0.298. The van der Waals surface area contributed by atoms with Gasteiger partial charge in [0, 0.05) is 23.4 Å². The van der Waals surface area contributed by atoms with E-state index in [0.717, 1.165) is 38.4 Å². The van der Waals surface area contributed by atoms with Crippen molar-refractivity contribution < 1.29 is 14.9 Å². The molecule has 1 heterocycles. The molecule has 1 fully saturated rings. The standard InChI is InChI=1S/C17H19N3O3/c21-17-7-1-14(2-8-17)13-18-9-11-19(12-10-18)15-3-5-16(6-4-15)20(22)23/h1-8,21H,9-13H2/p+1. The van der Waals surface area contributed by atoms with E-state index in [9.17, 15) is 15.2 Å². The first-order chi connectivity index (χ1) is 11.1. The third-order valence-electron chi connectivity index (χ3n) is 4.29. The van der Waals surface area contributed by atoms with Crippen molar-refractivity contribution in [1.29, 1.82) is 0 Å². The Morgan fingerprint density at radius 2 is 1.65 bits per heavy atom. The molecule has 2 aromatic rings. The number of aromatic hydroxyl groups is 1. The second-order valence-electron chi connectivity index (χ2n) is 5.85. The molecule has 0 atom stereocenters. The zero-order valence-corrected chi connectivity index (χ0v) is 12.8. The molecular formula is C17H20N3O3+. The summed E-state index contributed by atoms with van der Waals surface area (Å²) in [5, 5.41) is 20.0. The number of hydrogen-bond donors (Lipinski definition) is 2. The molecule has 0 spiro atoms. The number of rotatable bonds is 4. The Balaban J connectivity index is 1.55. The molecule has 1 aliphatic rings. The first-order valence-corrected chi connectivity index (χ1v) is 7.73. The number of phenolic OH excluding ortho intramolecular Hbond substituents is 1. The fraction of sp³-hybridized carbons (Fsp3) is 0.294. The van der Waals surface area contributed by atoms with Gasteiger partial charge in [-0.3, -0.25) is 10.1 Å². The van der Waals surface area contributed by atoms with Crippen molar-refractivity contribution in [3.63, 3.8) is 0 Å². The minimum absolute atomic E-state index is 0.130. The molecule has 6 heteroatoms. The Morgan fingerprint density at radius 1 is 1.04 bits per heavy atom. The first-order valence-electron chi connectivity index (χ1n) is 7.73. The largest absolute Gasteiger partial charge is 0.508 e. The van der Waals surface area contributed by atoms with Crippen LogP contribution in [0.15, 0.2) is 48.5 Å². The number of quaternary nitrogens is 1. The van der Waals surface area contributed by atoms with Gasteiger partial charge in [-0.25, -0.2) is 0 Å². The van der Waals surface area contributed by atoms with Gasteiger partial charge in [0.2, 0.25) is 0 Å². The number of hydrogen-bond acceptors (Lipinski definition) is 4. The van der Waals surface area contributed by atoms with E-state index in [0.29, 0.717) is 5.75 Å². The normalized spacial score (nSPS) is 15.6. The molecule has 23 heavy (non-hydrogen) atoms. The summed E-state index contributed by atoms with van der Waals surface area (Å²) in [6.07, 6.45) is 0. The summed E-state index contributed by atoms with van der Waals surface area (Å²) in [5.41, 5.74) is 2.39. The molecule has 2 aromatic carbocycles. The van der Waals surface area contributed by atoms with Crippen LogP contribution in [0.5, 0.6) is 5.75 Å². The van der Waals surface area contributed by atoms with E-state index in [1.807, 2.05) is 24.3 Å². The second kappa shape index (κ2) is 6.66. The molecular weight excluding hydrogens is 294 g/mol. The Morgan fingerprint density at radius 3 is 2.22 bits per heavy atom. The van der Waals surface area contributed by atoms with Crippen molar-refractivity contribution in [3.8, 4) is 5.75 Å². The number of benzene rings is 2. The van der Waals surface area contributed by atoms with E-state index in [4.69, 9.17) is 0 Å². The molecule has 1 aliphatic heterocycles. The molecule has 0 bridgehead atoms. The van der Waals surface area contributed by atoms with Crippen LogP contribution in [0.2, 0.25) is 0 Å². The lowest BCUT2D eigenvalue weighted by atomic mass is 10.2. The van der Waals surface area contributed by atoms with Crippen LogP contribution < -0.4 is 9.80 Å². The third kappa shape index (κ3) is 3.78. The number of nitrogens with one attached hydrogen (secondary N) is 1. The van der Waals surface area contributed by atoms with Crippen LogP contribution in [0.1, 0.15) is 5.56 Å². The summed E-state index contributed by atoms with van der Waals surface area (Å²) >= 11 is 0. The number of nitro groups is 1. The van der Waals surface area contributed by atoms with E-state index in [-0.39, 0.29) is 10.6 Å². The first kappa shape index (κ1) is 15.3. The van der Waals surface area contributed by atoms with Crippen LogP contribution in [0.25, 0.3) is 0 Å². The minimum Gasteiger partial charge on any atom is -0.508 e. The number of nitrogens with zero attached hydrogens (tertiary/aromatic N) is 2. The fourth-order valence-electron chi connectivity index (χ4n) is 2.95. The molecule has 6 nitrogen and oxygen atoms in total. The van der Waals surface area contributed by atoms with Gasteiger partial charge in [-0.05, 0) is 36.4 Å². The molecule has 3 rings (SSSR count). The topological polar surface area (TPSA) is 71.0 Å². The van der Waals surface area contributed by atoms with Crippen molar-refractivity contribution in [2.45, 2.75) is 6.54 Å². The number of phenols is 1. The maximum atomic E-state index is 10.7. The van der Waals surface area contributed by atoms with Crippen LogP contribution in [0.3, 0.4) is 0 Å². The molecule has 120 valence electrons. The summed E-state index contributed by atoms with van der Waals surface area (Å²) in [6, 6.07) is 14.1. The zero-order chi connectivity index (χ0) is 16.2. The lowest BCUT2D eigenvalue weighted by molar-refractivity contribution is -0.914. The summed E-state index contributed by atoms with van der Waals surface area (Å²) in [7, 11) is 0. The van der Waals surface area contributed by atoms with Gasteiger partial charge in [0.1, 0.15) is 12.3 Å². The Kier molecular flexibility index (Phi) is 4.43.